The lowest BCUT2D eigenvalue weighted by atomic mass is 10.1. The molecule has 0 saturated carbocycles. The van der Waals surface area contributed by atoms with E-state index < -0.39 is 17.6 Å². The summed E-state index contributed by atoms with van der Waals surface area (Å²) in [5.74, 6) is -0.00184. The van der Waals surface area contributed by atoms with Crippen LogP contribution >= 0.6 is 0 Å². The molecule has 2 heterocycles. The van der Waals surface area contributed by atoms with E-state index in [1.54, 1.807) is 13.0 Å². The Kier molecular flexibility index (Phi) is 6.75. The summed E-state index contributed by atoms with van der Waals surface area (Å²) in [6, 6.07) is 7.03. The van der Waals surface area contributed by atoms with Crippen LogP contribution in [0, 0.1) is 6.92 Å². The second-order valence-corrected chi connectivity index (χ2v) is 6.96. The maximum absolute atomic E-state index is 12.9. The van der Waals surface area contributed by atoms with E-state index in [1.165, 1.54) is 42.5 Å². The number of nitrogen functional groups attached to an aromatic ring is 1. The van der Waals surface area contributed by atoms with Gasteiger partial charge in [-0.2, -0.15) is 18.2 Å². The summed E-state index contributed by atoms with van der Waals surface area (Å²) in [7, 11) is 1.43. The van der Waals surface area contributed by atoms with Crippen LogP contribution in [-0.4, -0.2) is 40.9 Å². The van der Waals surface area contributed by atoms with Gasteiger partial charge in [0, 0.05) is 25.5 Å². The summed E-state index contributed by atoms with van der Waals surface area (Å²) in [4.78, 5) is 37.9. The number of likely N-dealkylation sites (N-methyl/N-ethyl adjacent to an activating group) is 1. The Morgan fingerprint density at radius 2 is 1.97 bits per heavy atom. The van der Waals surface area contributed by atoms with Crippen LogP contribution in [0.1, 0.15) is 11.1 Å². The SMILES string of the molecule is Cc1cc(Oc2ccnc(N)n2)ccc1N(C=O)C(=O)CN(C)c1cncc(C(F)(F)F)c1. The van der Waals surface area contributed by atoms with Gasteiger partial charge in [0.05, 0.1) is 29.7 Å². The number of alkyl halides is 3. The molecule has 3 aromatic rings. The lowest BCUT2D eigenvalue weighted by Crippen LogP contribution is -2.38. The standard InChI is InChI=1S/C21H19F3N6O3/c1-13-7-16(33-18-5-6-27-20(25)28-18)3-4-17(13)30(12-31)19(32)11-29(2)15-8-14(9-26-10-15)21(22,23)24/h3-10,12H,11H2,1-2H3,(H2,25,27,28). The highest BCUT2D eigenvalue weighted by molar-refractivity contribution is 6.09. The minimum absolute atomic E-state index is 0.0404. The van der Waals surface area contributed by atoms with Crippen molar-refractivity contribution in [3.8, 4) is 11.6 Å². The molecule has 0 aliphatic rings. The molecule has 33 heavy (non-hydrogen) atoms. The monoisotopic (exact) mass is 460 g/mol. The normalized spacial score (nSPS) is 11.1. The zero-order valence-corrected chi connectivity index (χ0v) is 17.6. The molecule has 0 aliphatic carbocycles. The first-order chi connectivity index (χ1) is 15.6. The number of carbonyl (C=O) groups is 2. The van der Waals surface area contributed by atoms with Crippen molar-refractivity contribution < 1.29 is 27.5 Å². The molecule has 9 nitrogen and oxygen atoms in total. The summed E-state index contributed by atoms with van der Waals surface area (Å²) >= 11 is 0. The molecule has 0 spiro atoms. The Labute approximate surface area is 186 Å². The second kappa shape index (κ2) is 9.51. The lowest BCUT2D eigenvalue weighted by molar-refractivity contribution is -0.137. The topological polar surface area (TPSA) is 115 Å². The summed E-state index contributed by atoms with van der Waals surface area (Å²) in [5, 5.41) is 0. The number of hydrogen-bond donors (Lipinski definition) is 1. The molecule has 172 valence electrons. The number of hydrogen-bond acceptors (Lipinski definition) is 8. The first-order valence-corrected chi connectivity index (χ1v) is 9.46. The van der Waals surface area contributed by atoms with Crippen LogP contribution < -0.4 is 20.3 Å². The van der Waals surface area contributed by atoms with Crippen molar-refractivity contribution in [1.82, 2.24) is 15.0 Å². The molecular weight excluding hydrogens is 441 g/mol. The molecule has 0 radical (unpaired) electrons. The van der Waals surface area contributed by atoms with Crippen molar-refractivity contribution in [3.05, 3.63) is 60.0 Å². The summed E-state index contributed by atoms with van der Waals surface area (Å²) in [5.41, 5.74) is 5.49. The van der Waals surface area contributed by atoms with Gasteiger partial charge in [-0.25, -0.2) is 4.98 Å². The van der Waals surface area contributed by atoms with Gasteiger partial charge >= 0.3 is 6.18 Å². The molecule has 0 atom stereocenters. The zero-order valence-electron chi connectivity index (χ0n) is 17.6. The molecule has 2 N–H and O–H groups in total. The van der Waals surface area contributed by atoms with E-state index in [4.69, 9.17) is 10.5 Å². The van der Waals surface area contributed by atoms with E-state index in [0.717, 1.165) is 11.0 Å². The third-order valence-electron chi connectivity index (χ3n) is 4.54. The molecule has 0 saturated heterocycles. The van der Waals surface area contributed by atoms with Crippen molar-refractivity contribution in [2.75, 3.05) is 29.1 Å². The van der Waals surface area contributed by atoms with E-state index in [2.05, 4.69) is 15.0 Å². The number of imide groups is 1. The lowest BCUT2D eigenvalue weighted by Gasteiger charge is -2.24. The molecule has 3 rings (SSSR count). The van der Waals surface area contributed by atoms with Crippen LogP contribution in [-0.2, 0) is 15.8 Å². The minimum Gasteiger partial charge on any atom is -0.439 e. The van der Waals surface area contributed by atoms with Gasteiger partial charge in [0.25, 0.3) is 5.91 Å². The fourth-order valence-corrected chi connectivity index (χ4v) is 2.91. The molecule has 0 aliphatic heterocycles. The zero-order chi connectivity index (χ0) is 24.2. The number of nitrogens with zero attached hydrogens (tertiary/aromatic N) is 5. The van der Waals surface area contributed by atoms with Crippen molar-refractivity contribution in [3.63, 3.8) is 0 Å². The number of carbonyl (C=O) groups excluding carboxylic acids is 2. The van der Waals surface area contributed by atoms with Gasteiger partial charge in [-0.1, -0.05) is 0 Å². The van der Waals surface area contributed by atoms with Crippen LogP contribution in [0.3, 0.4) is 0 Å². The Morgan fingerprint density at radius 1 is 1.21 bits per heavy atom. The fraction of sp³-hybridized carbons (Fsp3) is 0.190. The summed E-state index contributed by atoms with van der Waals surface area (Å²) < 4.78 is 44.4. The van der Waals surface area contributed by atoms with Gasteiger partial charge in [0.2, 0.25) is 18.2 Å². The summed E-state index contributed by atoms with van der Waals surface area (Å²) in [6.45, 7) is 1.31. The quantitative estimate of drug-likeness (QED) is 0.535. The van der Waals surface area contributed by atoms with E-state index in [-0.39, 0.29) is 24.1 Å². The van der Waals surface area contributed by atoms with Gasteiger partial charge in [-0.05, 0) is 36.8 Å². The van der Waals surface area contributed by atoms with E-state index in [9.17, 15) is 22.8 Å². The molecule has 2 amide bonds. The van der Waals surface area contributed by atoms with E-state index in [0.29, 0.717) is 29.6 Å². The third kappa shape index (κ3) is 5.73. The van der Waals surface area contributed by atoms with Crippen LogP contribution in [0.4, 0.5) is 30.5 Å². The number of aryl methyl sites for hydroxylation is 1. The Balaban J connectivity index is 1.75. The fourth-order valence-electron chi connectivity index (χ4n) is 2.91. The number of pyridine rings is 1. The predicted octanol–water partition coefficient (Wildman–Crippen LogP) is 3.20. The van der Waals surface area contributed by atoms with Crippen molar-refractivity contribution in [1.29, 1.82) is 0 Å². The average Bonchev–Trinajstić information content (AvgIpc) is 2.75. The number of rotatable bonds is 7. The van der Waals surface area contributed by atoms with Gasteiger partial charge in [0.15, 0.2) is 0 Å². The minimum atomic E-state index is -4.57. The average molecular weight is 460 g/mol. The molecule has 0 unspecified atom stereocenters. The van der Waals surface area contributed by atoms with Crippen LogP contribution in [0.5, 0.6) is 11.6 Å². The number of amides is 2. The Morgan fingerprint density at radius 3 is 2.61 bits per heavy atom. The number of aromatic nitrogens is 3. The highest BCUT2D eigenvalue weighted by Gasteiger charge is 2.31. The maximum Gasteiger partial charge on any atom is 0.417 e. The molecule has 2 aromatic heterocycles. The van der Waals surface area contributed by atoms with Crippen LogP contribution in [0.25, 0.3) is 0 Å². The third-order valence-corrected chi connectivity index (χ3v) is 4.54. The Bertz CT molecular complexity index is 1170. The largest absolute Gasteiger partial charge is 0.439 e. The molecular formula is C21H19F3N6O3. The molecule has 0 fully saturated rings. The van der Waals surface area contributed by atoms with E-state index >= 15 is 0 Å². The molecule has 12 heteroatoms. The highest BCUT2D eigenvalue weighted by Crippen LogP contribution is 2.31. The van der Waals surface area contributed by atoms with Gasteiger partial charge < -0.3 is 15.4 Å². The second-order valence-electron chi connectivity index (χ2n) is 6.96. The van der Waals surface area contributed by atoms with E-state index in [1.807, 2.05) is 0 Å². The van der Waals surface area contributed by atoms with Gasteiger partial charge in [-0.3, -0.25) is 19.5 Å². The summed E-state index contributed by atoms with van der Waals surface area (Å²) in [6.07, 6.45) is -0.900. The number of nitrogens with two attached hydrogens (primary N) is 1. The smallest absolute Gasteiger partial charge is 0.417 e. The first-order valence-electron chi connectivity index (χ1n) is 9.46. The predicted molar refractivity (Wildman–Crippen MR) is 114 cm³/mol. The number of benzene rings is 1. The van der Waals surface area contributed by atoms with Crippen molar-refractivity contribution in [2.24, 2.45) is 0 Å². The Hall–Kier alpha value is -4.22. The number of anilines is 3. The van der Waals surface area contributed by atoms with Gasteiger partial charge in [-0.15, -0.1) is 0 Å². The van der Waals surface area contributed by atoms with Crippen LogP contribution in [0.2, 0.25) is 0 Å². The molecule has 1 aromatic carbocycles. The molecule has 0 bridgehead atoms. The first kappa shape index (κ1) is 23.4. The maximum atomic E-state index is 12.9. The van der Waals surface area contributed by atoms with Crippen LogP contribution in [0.15, 0.2) is 48.9 Å². The van der Waals surface area contributed by atoms with Crippen molar-refractivity contribution in [2.45, 2.75) is 13.1 Å². The number of halogens is 3. The van der Waals surface area contributed by atoms with Gasteiger partial charge in [0.1, 0.15) is 5.75 Å². The van der Waals surface area contributed by atoms with Crippen molar-refractivity contribution >= 4 is 29.6 Å². The number of ether oxygens (including phenoxy) is 1. The highest BCUT2D eigenvalue weighted by atomic mass is 19.4.